The molecule has 3 heterocycles. The van der Waals surface area contributed by atoms with Crippen LogP contribution < -0.4 is 5.32 Å². The fourth-order valence-electron chi connectivity index (χ4n) is 4.81. The van der Waals surface area contributed by atoms with Gasteiger partial charge in [-0.2, -0.15) is 0 Å². The van der Waals surface area contributed by atoms with Gasteiger partial charge in [0.05, 0.1) is 16.5 Å². The molecule has 0 amide bonds. The van der Waals surface area contributed by atoms with E-state index >= 15 is 0 Å². The van der Waals surface area contributed by atoms with Gasteiger partial charge in [-0.3, -0.25) is 4.99 Å². The van der Waals surface area contributed by atoms with Crippen molar-refractivity contribution in [3.8, 4) is 0 Å². The van der Waals surface area contributed by atoms with Crippen molar-refractivity contribution >= 4 is 23.3 Å². The van der Waals surface area contributed by atoms with Crippen LogP contribution in [-0.4, -0.2) is 27.6 Å². The van der Waals surface area contributed by atoms with Crippen molar-refractivity contribution in [2.75, 3.05) is 11.9 Å². The molecule has 1 aliphatic carbocycles. The second kappa shape index (κ2) is 8.31. The van der Waals surface area contributed by atoms with E-state index < -0.39 is 0 Å². The minimum Gasteiger partial charge on any atom is -0.369 e. The molecule has 1 aromatic heterocycles. The summed E-state index contributed by atoms with van der Waals surface area (Å²) in [5.74, 6) is 1.34. The highest BCUT2D eigenvalue weighted by molar-refractivity contribution is 8.00. The van der Waals surface area contributed by atoms with E-state index in [1.54, 1.807) is 17.5 Å². The fourth-order valence-corrected chi connectivity index (χ4v) is 6.20. The van der Waals surface area contributed by atoms with Crippen molar-refractivity contribution in [1.29, 1.82) is 0 Å². The molecule has 0 unspecified atom stereocenters. The molecule has 2 atom stereocenters. The number of nitrogens with zero attached hydrogens (tertiary/aromatic N) is 3. The maximum Gasteiger partial charge on any atom is 0.143 e. The lowest BCUT2D eigenvalue weighted by molar-refractivity contribution is 0.694. The van der Waals surface area contributed by atoms with Crippen molar-refractivity contribution in [1.82, 2.24) is 9.97 Å². The molecular weight excluding hydrogens is 376 g/mol. The van der Waals surface area contributed by atoms with E-state index in [1.165, 1.54) is 54.0 Å². The Bertz CT molecular complexity index is 951. The number of nitrogens with one attached hydrogen (secondary N) is 1. The number of hydrogen-bond donors (Lipinski definition) is 1. The monoisotopic (exact) mass is 404 g/mol. The van der Waals surface area contributed by atoms with Gasteiger partial charge in [0.25, 0.3) is 0 Å². The zero-order valence-electron chi connectivity index (χ0n) is 17.0. The third-order valence-corrected chi connectivity index (χ3v) is 7.49. The molecule has 0 fully saturated rings. The van der Waals surface area contributed by atoms with Crippen LogP contribution in [0.3, 0.4) is 0 Å². The summed E-state index contributed by atoms with van der Waals surface area (Å²) in [5, 5.41) is 3.82. The van der Waals surface area contributed by atoms with Crippen molar-refractivity contribution in [2.24, 2.45) is 4.99 Å². The first-order valence-corrected chi connectivity index (χ1v) is 11.8. The Labute approximate surface area is 177 Å². The molecule has 0 bridgehead atoms. The first-order valence-electron chi connectivity index (χ1n) is 10.9. The van der Waals surface area contributed by atoms with E-state index in [0.29, 0.717) is 5.92 Å². The maximum absolute atomic E-state index is 5.23. The third kappa shape index (κ3) is 3.61. The summed E-state index contributed by atoms with van der Waals surface area (Å²) in [7, 11) is 0. The predicted octanol–water partition coefficient (Wildman–Crippen LogP) is 5.77. The average molecular weight is 405 g/mol. The predicted molar refractivity (Wildman–Crippen MR) is 121 cm³/mol. The molecule has 0 spiro atoms. The van der Waals surface area contributed by atoms with E-state index in [9.17, 15) is 0 Å². The molecule has 0 radical (unpaired) electrons. The molecule has 0 saturated heterocycles. The summed E-state index contributed by atoms with van der Waals surface area (Å²) >= 11 is 1.87. The molecule has 0 saturated carbocycles. The summed E-state index contributed by atoms with van der Waals surface area (Å²) < 4.78 is 0. The number of aromatic nitrogens is 2. The minimum absolute atomic E-state index is 0.250. The van der Waals surface area contributed by atoms with E-state index in [-0.39, 0.29) is 5.37 Å². The molecule has 4 nitrogen and oxygen atoms in total. The summed E-state index contributed by atoms with van der Waals surface area (Å²) in [6.45, 7) is 3.14. The van der Waals surface area contributed by atoms with Crippen LogP contribution in [0.15, 0.2) is 57.7 Å². The van der Waals surface area contributed by atoms with Gasteiger partial charge in [0, 0.05) is 12.3 Å². The third-order valence-electron chi connectivity index (χ3n) is 6.23. The first kappa shape index (κ1) is 18.9. The molecule has 29 heavy (non-hydrogen) atoms. The molecule has 5 heteroatoms. The number of dihydropyridines is 1. The molecule has 150 valence electrons. The molecule has 1 N–H and O–H groups in total. The Kier molecular flexibility index (Phi) is 5.40. The van der Waals surface area contributed by atoms with Gasteiger partial charge in [-0.15, -0.1) is 0 Å². The van der Waals surface area contributed by atoms with Crippen molar-refractivity contribution < 1.29 is 0 Å². The highest BCUT2D eigenvalue weighted by atomic mass is 32.2. The second-order valence-corrected chi connectivity index (χ2v) is 9.25. The number of hydrogen-bond acceptors (Lipinski definition) is 5. The Morgan fingerprint density at radius 3 is 2.86 bits per heavy atom. The molecule has 5 rings (SSSR count). The first-order chi connectivity index (χ1) is 14.3. The van der Waals surface area contributed by atoms with Crippen molar-refractivity contribution in [2.45, 2.75) is 68.1 Å². The highest BCUT2D eigenvalue weighted by Crippen LogP contribution is 2.55. The molecule has 3 aliphatic rings. The lowest BCUT2D eigenvalue weighted by Crippen LogP contribution is -2.21. The van der Waals surface area contributed by atoms with Gasteiger partial charge >= 0.3 is 0 Å². The highest BCUT2D eigenvalue weighted by Gasteiger charge is 2.43. The summed E-state index contributed by atoms with van der Waals surface area (Å²) in [5.41, 5.74) is 7.11. The number of unbranched alkanes of at least 4 members (excludes halogenated alkanes) is 1. The smallest absolute Gasteiger partial charge is 0.143 e. The van der Waals surface area contributed by atoms with Crippen LogP contribution in [0.2, 0.25) is 0 Å². The van der Waals surface area contributed by atoms with Gasteiger partial charge in [0.2, 0.25) is 0 Å². The number of allylic oxidation sites excluding steroid dienone is 1. The Morgan fingerprint density at radius 2 is 2.00 bits per heavy atom. The number of benzene rings is 1. The average Bonchev–Trinajstić information content (AvgIpc) is 3.37. The van der Waals surface area contributed by atoms with Crippen LogP contribution in [0.5, 0.6) is 0 Å². The van der Waals surface area contributed by atoms with Gasteiger partial charge in [0.1, 0.15) is 17.5 Å². The lowest BCUT2D eigenvalue weighted by Gasteiger charge is -2.26. The summed E-state index contributed by atoms with van der Waals surface area (Å²) in [6, 6.07) is 10.6. The van der Waals surface area contributed by atoms with Crippen LogP contribution in [0.1, 0.15) is 62.6 Å². The SMILES string of the molecule is CCCCC1=N[C@@H]2Sc3c(NCCc4ccccc4)ncnc3[C@H]2C2=C1CCC2. The summed E-state index contributed by atoms with van der Waals surface area (Å²) in [4.78, 5) is 15.8. The van der Waals surface area contributed by atoms with Crippen molar-refractivity contribution in [3.63, 3.8) is 0 Å². The van der Waals surface area contributed by atoms with Crippen LogP contribution in [0.25, 0.3) is 0 Å². The van der Waals surface area contributed by atoms with Crippen LogP contribution in [-0.2, 0) is 6.42 Å². The molecule has 2 aromatic rings. The van der Waals surface area contributed by atoms with E-state index in [2.05, 4.69) is 47.6 Å². The van der Waals surface area contributed by atoms with Crippen LogP contribution in [0.4, 0.5) is 5.82 Å². The maximum atomic E-state index is 5.23. The molecular formula is C24H28N4S. The quantitative estimate of drug-likeness (QED) is 0.636. The van der Waals surface area contributed by atoms with Gasteiger partial charge in [-0.1, -0.05) is 61.0 Å². The number of fused-ring (bicyclic) bond motifs is 4. The number of thioether (sulfide) groups is 1. The van der Waals surface area contributed by atoms with Crippen LogP contribution >= 0.6 is 11.8 Å². The van der Waals surface area contributed by atoms with Crippen molar-refractivity contribution in [3.05, 3.63) is 59.1 Å². The second-order valence-electron chi connectivity index (χ2n) is 8.12. The Balaban J connectivity index is 1.38. The lowest BCUT2D eigenvalue weighted by atomic mass is 9.87. The fraction of sp³-hybridized carbons (Fsp3) is 0.458. The largest absolute Gasteiger partial charge is 0.369 e. The zero-order chi connectivity index (χ0) is 19.6. The van der Waals surface area contributed by atoms with Gasteiger partial charge < -0.3 is 5.32 Å². The number of rotatable bonds is 7. The van der Waals surface area contributed by atoms with Gasteiger partial charge in [-0.25, -0.2) is 9.97 Å². The van der Waals surface area contributed by atoms with Crippen LogP contribution in [0, 0.1) is 0 Å². The molecule has 1 aromatic carbocycles. The summed E-state index contributed by atoms with van der Waals surface area (Å²) in [6.07, 6.45) is 10.00. The number of aliphatic imine (C=N–C) groups is 1. The normalized spacial score (nSPS) is 22.2. The Morgan fingerprint density at radius 1 is 1.10 bits per heavy atom. The van der Waals surface area contributed by atoms with Gasteiger partial charge in [-0.05, 0) is 49.7 Å². The Hall–Kier alpha value is -2.14. The zero-order valence-corrected chi connectivity index (χ0v) is 17.8. The van der Waals surface area contributed by atoms with E-state index in [0.717, 1.165) is 25.2 Å². The van der Waals surface area contributed by atoms with E-state index in [4.69, 9.17) is 9.98 Å². The molecule has 2 aliphatic heterocycles. The number of anilines is 1. The minimum atomic E-state index is 0.250. The topological polar surface area (TPSA) is 50.2 Å². The standard InChI is InChI=1S/C24H28N4S/c1-2-3-12-19-17-10-7-11-18(17)20-21-22(29-24(20)28-19)23(27-15-26-21)25-14-13-16-8-5-4-6-9-16/h4-6,8-9,15,20,24H,2-3,7,10-14H2,1H3,(H,25,26,27)/t20-,24-/m1/s1. The van der Waals surface area contributed by atoms with Gasteiger partial charge in [0.15, 0.2) is 0 Å². The van der Waals surface area contributed by atoms with E-state index in [1.807, 2.05) is 11.8 Å².